The van der Waals surface area contributed by atoms with Crippen LogP contribution in [0.25, 0.3) is 0 Å². The standard InChI is InChI=1S/C22H25F2N5O4S/c1-14(30)2-3-16-13-28(22(32)33-16)15-10-17(23)21(18(24)11-15)27-6-4-26-29(8-7-27)20(31)12-19-25-5-9-34-19/h5,9-11,16,26H,2-4,6-8,12-13H2,1H3/t16-/m0/s1. The zero-order valence-electron chi connectivity index (χ0n) is 18.6. The van der Waals surface area contributed by atoms with E-state index in [9.17, 15) is 14.4 Å². The summed E-state index contributed by atoms with van der Waals surface area (Å²) in [5, 5.41) is 3.95. The Kier molecular flexibility index (Phi) is 7.37. The summed E-state index contributed by atoms with van der Waals surface area (Å²) in [7, 11) is 0. The van der Waals surface area contributed by atoms with Crippen LogP contribution in [-0.4, -0.2) is 66.6 Å². The molecule has 0 radical (unpaired) electrons. The molecule has 1 aromatic heterocycles. The average molecular weight is 494 g/mol. The molecule has 1 N–H and O–H groups in total. The fourth-order valence-electron chi connectivity index (χ4n) is 3.99. The van der Waals surface area contributed by atoms with E-state index in [-0.39, 0.29) is 62.1 Å². The molecule has 2 amide bonds. The van der Waals surface area contributed by atoms with Crippen molar-refractivity contribution in [3.05, 3.63) is 40.4 Å². The first-order chi connectivity index (χ1) is 16.3. The predicted molar refractivity (Wildman–Crippen MR) is 122 cm³/mol. The molecule has 0 spiro atoms. The van der Waals surface area contributed by atoms with E-state index < -0.39 is 23.8 Å². The van der Waals surface area contributed by atoms with Gasteiger partial charge in [0, 0.05) is 49.8 Å². The maximum Gasteiger partial charge on any atom is 0.414 e. The molecule has 4 rings (SSSR count). The van der Waals surface area contributed by atoms with Crippen molar-refractivity contribution in [2.45, 2.75) is 32.3 Å². The third-order valence-electron chi connectivity index (χ3n) is 5.69. The lowest BCUT2D eigenvalue weighted by Crippen LogP contribution is -2.44. The van der Waals surface area contributed by atoms with E-state index in [1.165, 1.54) is 33.1 Å². The van der Waals surface area contributed by atoms with E-state index in [4.69, 9.17) is 4.74 Å². The van der Waals surface area contributed by atoms with Crippen LogP contribution in [0.2, 0.25) is 0 Å². The highest BCUT2D eigenvalue weighted by molar-refractivity contribution is 7.09. The Bertz CT molecular complexity index is 1040. The van der Waals surface area contributed by atoms with Gasteiger partial charge in [0.2, 0.25) is 5.91 Å². The van der Waals surface area contributed by atoms with Crippen LogP contribution in [0.1, 0.15) is 24.8 Å². The first-order valence-electron chi connectivity index (χ1n) is 11.0. The number of hydrogen-bond acceptors (Lipinski definition) is 8. The topological polar surface area (TPSA) is 95.1 Å². The summed E-state index contributed by atoms with van der Waals surface area (Å²) < 4.78 is 35.3. The molecule has 2 aromatic rings. The summed E-state index contributed by atoms with van der Waals surface area (Å²) in [4.78, 5) is 42.7. The lowest BCUT2D eigenvalue weighted by molar-refractivity contribution is -0.133. The van der Waals surface area contributed by atoms with E-state index in [0.29, 0.717) is 18.0 Å². The molecule has 3 heterocycles. The summed E-state index contributed by atoms with van der Waals surface area (Å²) >= 11 is 1.39. The molecule has 1 aromatic carbocycles. The number of rotatable bonds is 7. The minimum Gasteiger partial charge on any atom is -0.444 e. The van der Waals surface area contributed by atoms with Gasteiger partial charge in [-0.3, -0.25) is 14.7 Å². The highest BCUT2D eigenvalue weighted by atomic mass is 32.1. The van der Waals surface area contributed by atoms with Gasteiger partial charge in [-0.2, -0.15) is 0 Å². The molecule has 0 aliphatic carbocycles. The Morgan fingerprint density at radius 3 is 2.68 bits per heavy atom. The highest BCUT2D eigenvalue weighted by Gasteiger charge is 2.34. The Hall–Kier alpha value is -3.12. The van der Waals surface area contributed by atoms with Gasteiger partial charge in [0.05, 0.1) is 25.2 Å². The number of cyclic esters (lactones) is 1. The number of carbonyl (C=O) groups is 3. The number of benzene rings is 1. The van der Waals surface area contributed by atoms with E-state index in [1.54, 1.807) is 11.6 Å². The molecule has 9 nitrogen and oxygen atoms in total. The van der Waals surface area contributed by atoms with Gasteiger partial charge in [0.25, 0.3) is 0 Å². The van der Waals surface area contributed by atoms with Crippen molar-refractivity contribution < 1.29 is 27.9 Å². The summed E-state index contributed by atoms with van der Waals surface area (Å²) in [6.07, 6.45) is 1.20. The third-order valence-corrected chi connectivity index (χ3v) is 6.47. The van der Waals surface area contributed by atoms with Crippen molar-refractivity contribution >= 4 is 40.5 Å². The summed E-state index contributed by atoms with van der Waals surface area (Å²) in [5.74, 6) is -1.80. The Morgan fingerprint density at radius 2 is 2.00 bits per heavy atom. The maximum absolute atomic E-state index is 15.1. The number of amides is 2. The second kappa shape index (κ2) is 10.4. The van der Waals surface area contributed by atoms with E-state index >= 15 is 8.78 Å². The number of anilines is 2. The predicted octanol–water partition coefficient (Wildman–Crippen LogP) is 2.51. The number of halogens is 2. The van der Waals surface area contributed by atoms with Gasteiger partial charge >= 0.3 is 6.09 Å². The fraction of sp³-hybridized carbons (Fsp3) is 0.455. The SMILES string of the molecule is CC(=O)CC[C@H]1CN(c2cc(F)c(N3CCNN(C(=O)Cc4nccs4)CC3)c(F)c2)C(=O)O1. The van der Waals surface area contributed by atoms with Gasteiger partial charge in [0.1, 0.15) is 22.6 Å². The van der Waals surface area contributed by atoms with Crippen molar-refractivity contribution in [1.29, 1.82) is 0 Å². The van der Waals surface area contributed by atoms with Gasteiger partial charge in [-0.05, 0) is 13.3 Å². The van der Waals surface area contributed by atoms with E-state index in [2.05, 4.69) is 10.4 Å². The minimum atomic E-state index is -0.808. The van der Waals surface area contributed by atoms with Crippen LogP contribution < -0.4 is 15.2 Å². The molecule has 34 heavy (non-hydrogen) atoms. The summed E-state index contributed by atoms with van der Waals surface area (Å²) in [6, 6.07) is 2.22. The molecule has 12 heteroatoms. The number of hydrazine groups is 1. The Morgan fingerprint density at radius 1 is 1.24 bits per heavy atom. The number of hydrogen-bond donors (Lipinski definition) is 1. The van der Waals surface area contributed by atoms with Crippen molar-refractivity contribution in [3.8, 4) is 0 Å². The number of thiazole rings is 1. The monoisotopic (exact) mass is 493 g/mol. The van der Waals surface area contributed by atoms with Crippen molar-refractivity contribution in [3.63, 3.8) is 0 Å². The second-order valence-corrected chi connectivity index (χ2v) is 9.14. The first kappa shape index (κ1) is 24.0. The molecule has 2 fully saturated rings. The summed E-state index contributed by atoms with van der Waals surface area (Å²) in [5.41, 5.74) is 2.85. The van der Waals surface area contributed by atoms with Crippen molar-refractivity contribution in [2.75, 3.05) is 42.5 Å². The highest BCUT2D eigenvalue weighted by Crippen LogP contribution is 2.31. The lowest BCUT2D eigenvalue weighted by Gasteiger charge is -2.25. The fourth-order valence-corrected chi connectivity index (χ4v) is 4.60. The normalized spacial score (nSPS) is 18.7. The van der Waals surface area contributed by atoms with Crippen LogP contribution in [0.5, 0.6) is 0 Å². The second-order valence-electron chi connectivity index (χ2n) is 8.16. The maximum atomic E-state index is 15.1. The largest absolute Gasteiger partial charge is 0.444 e. The summed E-state index contributed by atoms with van der Waals surface area (Å²) in [6.45, 7) is 2.64. The van der Waals surface area contributed by atoms with Crippen LogP contribution in [0, 0.1) is 11.6 Å². The third kappa shape index (κ3) is 5.50. The van der Waals surface area contributed by atoms with Gasteiger partial charge in [-0.1, -0.05) is 0 Å². The molecular weight excluding hydrogens is 468 g/mol. The Balaban J connectivity index is 1.42. The van der Waals surface area contributed by atoms with Gasteiger partial charge in [0.15, 0.2) is 11.6 Å². The first-order valence-corrected chi connectivity index (χ1v) is 11.8. The number of nitrogens with zero attached hydrogens (tertiary/aromatic N) is 4. The molecule has 0 bridgehead atoms. The molecule has 0 saturated carbocycles. The number of carbonyl (C=O) groups excluding carboxylic acids is 3. The van der Waals surface area contributed by atoms with Crippen LogP contribution in [0.4, 0.5) is 25.0 Å². The van der Waals surface area contributed by atoms with E-state index in [1.807, 2.05) is 0 Å². The molecule has 0 unspecified atom stereocenters. The number of Topliss-reactive ketones (excluding diaryl/α,β-unsaturated/α-hetero) is 1. The molecular formula is C22H25F2N5O4S. The van der Waals surface area contributed by atoms with E-state index in [0.717, 1.165) is 12.1 Å². The van der Waals surface area contributed by atoms with Crippen LogP contribution in [0.3, 0.4) is 0 Å². The number of nitrogens with one attached hydrogen (secondary N) is 1. The molecule has 2 aliphatic heterocycles. The molecule has 2 saturated heterocycles. The zero-order chi connectivity index (χ0) is 24.2. The van der Waals surface area contributed by atoms with Crippen LogP contribution >= 0.6 is 11.3 Å². The number of aromatic nitrogens is 1. The number of ether oxygens (including phenoxy) is 1. The lowest BCUT2D eigenvalue weighted by atomic mass is 10.1. The molecule has 1 atom stereocenters. The van der Waals surface area contributed by atoms with Crippen molar-refractivity contribution in [1.82, 2.24) is 15.4 Å². The zero-order valence-corrected chi connectivity index (χ0v) is 19.4. The average Bonchev–Trinajstić information content (AvgIpc) is 3.35. The van der Waals surface area contributed by atoms with Crippen LogP contribution in [-0.2, 0) is 20.7 Å². The van der Waals surface area contributed by atoms with Crippen LogP contribution in [0.15, 0.2) is 23.7 Å². The Labute approximate surface area is 199 Å². The van der Waals surface area contributed by atoms with Gasteiger partial charge < -0.3 is 14.4 Å². The minimum absolute atomic E-state index is 0.0219. The number of ketones is 1. The molecule has 182 valence electrons. The van der Waals surface area contributed by atoms with Gasteiger partial charge in [-0.25, -0.2) is 24.0 Å². The molecule has 2 aliphatic rings. The van der Waals surface area contributed by atoms with Crippen molar-refractivity contribution in [2.24, 2.45) is 0 Å². The van der Waals surface area contributed by atoms with Gasteiger partial charge in [-0.15, -0.1) is 11.3 Å². The smallest absolute Gasteiger partial charge is 0.414 e. The quantitative estimate of drug-likeness (QED) is 0.633.